The van der Waals surface area contributed by atoms with E-state index in [0.717, 1.165) is 11.5 Å². The van der Waals surface area contributed by atoms with Crippen molar-refractivity contribution in [1.82, 2.24) is 9.97 Å². The largest absolute Gasteiger partial charge is 0.364 e. The molecular formula is C10H18N4. The Hall–Kier alpha value is -1.16. The number of hydrogen-bond donors (Lipinski definition) is 2. The van der Waals surface area contributed by atoms with Crippen LogP contribution in [0.3, 0.4) is 0 Å². The first-order chi connectivity index (χ1) is 6.42. The number of aryl methyl sites for hydroxylation is 1. The van der Waals surface area contributed by atoms with Crippen LogP contribution in [0.25, 0.3) is 0 Å². The zero-order valence-corrected chi connectivity index (χ0v) is 9.20. The van der Waals surface area contributed by atoms with Crippen molar-refractivity contribution in [2.45, 2.75) is 39.3 Å². The SMILES string of the molecule is Cc1cc(NC(C)(C)C(C)N)ncn1. The first kappa shape index (κ1) is 10.9. The topological polar surface area (TPSA) is 63.8 Å². The summed E-state index contributed by atoms with van der Waals surface area (Å²) in [5.41, 5.74) is 6.63. The number of nitrogens with one attached hydrogen (secondary N) is 1. The Morgan fingerprint density at radius 2 is 2.07 bits per heavy atom. The van der Waals surface area contributed by atoms with Crippen molar-refractivity contribution < 1.29 is 0 Å². The maximum Gasteiger partial charge on any atom is 0.130 e. The van der Waals surface area contributed by atoms with Crippen LogP contribution >= 0.6 is 0 Å². The van der Waals surface area contributed by atoms with E-state index in [-0.39, 0.29) is 11.6 Å². The third kappa shape index (κ3) is 2.67. The molecule has 0 aliphatic carbocycles. The second-order valence-corrected chi connectivity index (χ2v) is 4.18. The van der Waals surface area contributed by atoms with Crippen molar-refractivity contribution in [3.8, 4) is 0 Å². The zero-order chi connectivity index (χ0) is 10.8. The second kappa shape index (κ2) is 3.92. The predicted octanol–water partition coefficient (Wildman–Crippen LogP) is 1.32. The highest BCUT2D eigenvalue weighted by molar-refractivity contribution is 5.37. The van der Waals surface area contributed by atoms with Gasteiger partial charge in [-0.05, 0) is 27.7 Å². The van der Waals surface area contributed by atoms with Gasteiger partial charge in [-0.2, -0.15) is 0 Å². The molecule has 1 rings (SSSR count). The predicted molar refractivity (Wildman–Crippen MR) is 58.1 cm³/mol. The molecule has 0 saturated heterocycles. The fraction of sp³-hybridized carbons (Fsp3) is 0.600. The van der Waals surface area contributed by atoms with Crippen LogP contribution in [0.15, 0.2) is 12.4 Å². The van der Waals surface area contributed by atoms with Gasteiger partial charge in [0.25, 0.3) is 0 Å². The monoisotopic (exact) mass is 194 g/mol. The maximum absolute atomic E-state index is 5.85. The lowest BCUT2D eigenvalue weighted by Crippen LogP contribution is -2.47. The lowest BCUT2D eigenvalue weighted by molar-refractivity contribution is 0.469. The molecule has 0 radical (unpaired) electrons. The Bertz CT molecular complexity index is 307. The van der Waals surface area contributed by atoms with Gasteiger partial charge in [0.2, 0.25) is 0 Å². The minimum Gasteiger partial charge on any atom is -0.364 e. The third-order valence-electron chi connectivity index (χ3n) is 2.39. The molecule has 0 amide bonds. The Kier molecular flexibility index (Phi) is 3.06. The summed E-state index contributed by atoms with van der Waals surface area (Å²) in [5, 5.41) is 3.28. The average Bonchev–Trinajstić information content (AvgIpc) is 2.02. The molecule has 4 nitrogen and oxygen atoms in total. The lowest BCUT2D eigenvalue weighted by Gasteiger charge is -2.30. The smallest absolute Gasteiger partial charge is 0.130 e. The summed E-state index contributed by atoms with van der Waals surface area (Å²) >= 11 is 0. The van der Waals surface area contributed by atoms with Gasteiger partial charge in [-0.1, -0.05) is 0 Å². The van der Waals surface area contributed by atoms with Gasteiger partial charge in [-0.3, -0.25) is 0 Å². The number of hydrogen-bond acceptors (Lipinski definition) is 4. The van der Waals surface area contributed by atoms with Gasteiger partial charge < -0.3 is 11.1 Å². The van der Waals surface area contributed by atoms with E-state index in [4.69, 9.17) is 5.73 Å². The Morgan fingerprint density at radius 3 is 2.57 bits per heavy atom. The van der Waals surface area contributed by atoms with Crippen LogP contribution < -0.4 is 11.1 Å². The van der Waals surface area contributed by atoms with Gasteiger partial charge in [-0.15, -0.1) is 0 Å². The highest BCUT2D eigenvalue weighted by atomic mass is 15.1. The van der Waals surface area contributed by atoms with E-state index >= 15 is 0 Å². The Labute approximate surface area is 85.0 Å². The van der Waals surface area contributed by atoms with E-state index in [1.165, 1.54) is 0 Å². The molecule has 3 N–H and O–H groups in total. The van der Waals surface area contributed by atoms with Crippen molar-refractivity contribution in [2.75, 3.05) is 5.32 Å². The van der Waals surface area contributed by atoms with Crippen molar-refractivity contribution in [1.29, 1.82) is 0 Å². The van der Waals surface area contributed by atoms with E-state index < -0.39 is 0 Å². The van der Waals surface area contributed by atoms with Crippen molar-refractivity contribution in [2.24, 2.45) is 5.73 Å². The van der Waals surface area contributed by atoms with Crippen molar-refractivity contribution in [3.05, 3.63) is 18.1 Å². The molecule has 1 heterocycles. The zero-order valence-electron chi connectivity index (χ0n) is 9.20. The summed E-state index contributed by atoms with van der Waals surface area (Å²) in [6.07, 6.45) is 1.55. The number of anilines is 1. The van der Waals surface area contributed by atoms with E-state index in [1.54, 1.807) is 6.33 Å². The van der Waals surface area contributed by atoms with Gasteiger partial charge in [0.15, 0.2) is 0 Å². The molecule has 1 atom stereocenters. The number of nitrogens with zero attached hydrogens (tertiary/aromatic N) is 2. The minimum absolute atomic E-state index is 0.0535. The molecule has 14 heavy (non-hydrogen) atoms. The molecule has 78 valence electrons. The average molecular weight is 194 g/mol. The summed E-state index contributed by atoms with van der Waals surface area (Å²) in [6, 6.07) is 1.96. The van der Waals surface area contributed by atoms with E-state index in [2.05, 4.69) is 29.1 Å². The van der Waals surface area contributed by atoms with Gasteiger partial charge in [0.1, 0.15) is 12.1 Å². The van der Waals surface area contributed by atoms with Crippen LogP contribution in [0.4, 0.5) is 5.82 Å². The van der Waals surface area contributed by atoms with Crippen LogP contribution in [0.1, 0.15) is 26.5 Å². The summed E-state index contributed by atoms with van der Waals surface area (Å²) in [7, 11) is 0. The van der Waals surface area contributed by atoms with E-state index in [9.17, 15) is 0 Å². The Morgan fingerprint density at radius 1 is 1.43 bits per heavy atom. The highest BCUT2D eigenvalue weighted by Crippen LogP contribution is 2.14. The van der Waals surface area contributed by atoms with Crippen LogP contribution in [-0.2, 0) is 0 Å². The molecule has 0 spiro atoms. The highest BCUT2D eigenvalue weighted by Gasteiger charge is 2.22. The fourth-order valence-corrected chi connectivity index (χ4v) is 0.967. The van der Waals surface area contributed by atoms with Gasteiger partial charge in [-0.25, -0.2) is 9.97 Å². The van der Waals surface area contributed by atoms with Gasteiger partial charge in [0.05, 0.1) is 0 Å². The molecular weight excluding hydrogens is 176 g/mol. The van der Waals surface area contributed by atoms with E-state index in [0.29, 0.717) is 0 Å². The molecule has 4 heteroatoms. The second-order valence-electron chi connectivity index (χ2n) is 4.18. The maximum atomic E-state index is 5.85. The molecule has 0 aliphatic heterocycles. The molecule has 0 aromatic carbocycles. The summed E-state index contributed by atoms with van der Waals surface area (Å²) < 4.78 is 0. The summed E-state index contributed by atoms with van der Waals surface area (Å²) in [6.45, 7) is 8.01. The lowest BCUT2D eigenvalue weighted by atomic mass is 9.97. The van der Waals surface area contributed by atoms with Gasteiger partial charge >= 0.3 is 0 Å². The van der Waals surface area contributed by atoms with Crippen LogP contribution in [0.5, 0.6) is 0 Å². The van der Waals surface area contributed by atoms with Crippen LogP contribution in [0.2, 0.25) is 0 Å². The van der Waals surface area contributed by atoms with Gasteiger partial charge in [0, 0.05) is 23.3 Å². The molecule has 0 saturated carbocycles. The minimum atomic E-state index is -0.166. The standard InChI is InChI=1S/C10H18N4/c1-7-5-9(13-6-12-7)14-10(3,4)8(2)11/h5-6,8H,11H2,1-4H3,(H,12,13,14). The molecule has 1 aromatic rings. The first-order valence-corrected chi connectivity index (χ1v) is 4.74. The summed E-state index contributed by atoms with van der Waals surface area (Å²) in [4.78, 5) is 8.16. The first-order valence-electron chi connectivity index (χ1n) is 4.74. The fourth-order valence-electron chi connectivity index (χ4n) is 0.967. The number of rotatable bonds is 3. The molecule has 0 aliphatic rings. The molecule has 0 bridgehead atoms. The van der Waals surface area contributed by atoms with Crippen molar-refractivity contribution in [3.63, 3.8) is 0 Å². The van der Waals surface area contributed by atoms with Crippen LogP contribution in [0, 0.1) is 6.92 Å². The quantitative estimate of drug-likeness (QED) is 0.761. The molecule has 0 fully saturated rings. The number of aromatic nitrogens is 2. The molecule has 1 aromatic heterocycles. The van der Waals surface area contributed by atoms with E-state index in [1.807, 2.05) is 19.9 Å². The third-order valence-corrected chi connectivity index (χ3v) is 2.39. The van der Waals surface area contributed by atoms with Crippen molar-refractivity contribution >= 4 is 5.82 Å². The Balaban J connectivity index is 2.78. The number of nitrogens with two attached hydrogens (primary N) is 1. The van der Waals surface area contributed by atoms with Crippen LogP contribution in [-0.4, -0.2) is 21.5 Å². The summed E-state index contributed by atoms with van der Waals surface area (Å²) in [5.74, 6) is 0.819. The normalized spacial score (nSPS) is 13.8. The molecule has 1 unspecified atom stereocenters.